The van der Waals surface area contributed by atoms with Gasteiger partial charge in [-0.15, -0.1) is 0 Å². The number of sulfonamides is 1. The average molecular weight is 514 g/mol. The Morgan fingerprint density at radius 3 is 2.69 bits per heavy atom. The minimum Gasteiger partial charge on any atom is -0.376 e. The van der Waals surface area contributed by atoms with Crippen molar-refractivity contribution in [2.45, 2.75) is 74.9 Å². The Kier molecular flexibility index (Phi) is 7.26. The van der Waals surface area contributed by atoms with Gasteiger partial charge in [0.2, 0.25) is 10.0 Å². The predicted molar refractivity (Wildman–Crippen MR) is 141 cm³/mol. The van der Waals surface area contributed by atoms with Crippen LogP contribution in [0, 0.1) is 19.8 Å². The third-order valence-corrected chi connectivity index (χ3v) is 10.2. The summed E-state index contributed by atoms with van der Waals surface area (Å²) in [5.41, 5.74) is 5.54. The topological polar surface area (TPSA) is 64.4 Å². The first-order valence-electron chi connectivity index (χ1n) is 12.6. The summed E-state index contributed by atoms with van der Waals surface area (Å²) in [6, 6.07) is 12.0. The molecule has 2 aliphatic heterocycles. The van der Waals surface area contributed by atoms with Crippen molar-refractivity contribution in [1.82, 2.24) is 13.9 Å². The highest BCUT2D eigenvalue weighted by Gasteiger charge is 2.29. The van der Waals surface area contributed by atoms with Crippen LogP contribution in [0.4, 0.5) is 0 Å². The highest BCUT2D eigenvalue weighted by Crippen LogP contribution is 2.31. The fraction of sp³-hybridized carbons (Fsp3) is 0.519. The third kappa shape index (κ3) is 5.31. The zero-order valence-electron chi connectivity index (χ0n) is 20.9. The lowest BCUT2D eigenvalue weighted by Crippen LogP contribution is -2.39. The van der Waals surface area contributed by atoms with Crippen molar-refractivity contribution in [3.63, 3.8) is 0 Å². The number of piperidine rings is 1. The first-order chi connectivity index (χ1) is 16.8. The summed E-state index contributed by atoms with van der Waals surface area (Å²) in [5, 5.41) is 0.912. The molecular formula is C27H35N3O3S2. The van der Waals surface area contributed by atoms with Gasteiger partial charge >= 0.3 is 0 Å². The average Bonchev–Trinajstić information content (AvgIpc) is 3.48. The number of benzene rings is 2. The van der Waals surface area contributed by atoms with Crippen LogP contribution in [0.25, 0.3) is 11.0 Å². The Hall–Kier alpha value is -1.87. The van der Waals surface area contributed by atoms with E-state index in [1.54, 1.807) is 28.2 Å². The molecular weight excluding hydrogens is 478 g/mol. The molecule has 2 atom stereocenters. The minimum absolute atomic E-state index is 0.173. The van der Waals surface area contributed by atoms with Gasteiger partial charge in [-0.1, -0.05) is 36.9 Å². The molecule has 35 heavy (non-hydrogen) atoms. The largest absolute Gasteiger partial charge is 0.376 e. The van der Waals surface area contributed by atoms with Crippen LogP contribution in [0.15, 0.2) is 46.5 Å². The van der Waals surface area contributed by atoms with Crippen LogP contribution < -0.4 is 0 Å². The summed E-state index contributed by atoms with van der Waals surface area (Å²) in [4.78, 5) is 5.27. The maximum absolute atomic E-state index is 13.4. The van der Waals surface area contributed by atoms with Gasteiger partial charge in [-0.2, -0.15) is 4.31 Å². The van der Waals surface area contributed by atoms with E-state index in [0.717, 1.165) is 60.8 Å². The number of thioether (sulfide) groups is 1. The van der Waals surface area contributed by atoms with E-state index < -0.39 is 10.0 Å². The van der Waals surface area contributed by atoms with Gasteiger partial charge in [-0.25, -0.2) is 13.4 Å². The van der Waals surface area contributed by atoms with Crippen LogP contribution in [0.2, 0.25) is 0 Å². The molecule has 0 unspecified atom stereocenters. The highest BCUT2D eigenvalue weighted by atomic mass is 32.2. The van der Waals surface area contributed by atoms with Gasteiger partial charge in [0.1, 0.15) is 0 Å². The molecule has 2 aromatic carbocycles. The number of aryl methyl sites for hydroxylation is 2. The first-order valence-corrected chi connectivity index (χ1v) is 15.0. The molecule has 3 aromatic rings. The summed E-state index contributed by atoms with van der Waals surface area (Å²) in [5.74, 6) is 1.20. The highest BCUT2D eigenvalue weighted by molar-refractivity contribution is 7.98. The van der Waals surface area contributed by atoms with Gasteiger partial charge in [0.25, 0.3) is 0 Å². The number of fused-ring (bicyclic) bond motifs is 1. The molecule has 0 bridgehead atoms. The normalized spacial score (nSPS) is 21.7. The van der Waals surface area contributed by atoms with E-state index in [1.165, 1.54) is 16.7 Å². The molecule has 5 rings (SSSR count). The zero-order chi connectivity index (χ0) is 24.6. The fourth-order valence-electron chi connectivity index (χ4n) is 5.08. The van der Waals surface area contributed by atoms with E-state index in [9.17, 15) is 8.42 Å². The van der Waals surface area contributed by atoms with Crippen molar-refractivity contribution in [2.24, 2.45) is 5.92 Å². The number of aromatic nitrogens is 2. The van der Waals surface area contributed by atoms with Gasteiger partial charge < -0.3 is 9.30 Å². The van der Waals surface area contributed by atoms with Crippen LogP contribution in [0.1, 0.15) is 49.3 Å². The number of hydrogen-bond donors (Lipinski definition) is 0. The molecule has 2 aliphatic rings. The molecule has 2 fully saturated rings. The summed E-state index contributed by atoms with van der Waals surface area (Å²) < 4.78 is 36.6. The summed E-state index contributed by atoms with van der Waals surface area (Å²) >= 11 is 1.70. The van der Waals surface area contributed by atoms with E-state index in [4.69, 9.17) is 9.72 Å². The van der Waals surface area contributed by atoms with Crippen molar-refractivity contribution < 1.29 is 13.2 Å². The van der Waals surface area contributed by atoms with Gasteiger partial charge in [0.15, 0.2) is 5.16 Å². The minimum atomic E-state index is -3.52. The number of rotatable bonds is 7. The van der Waals surface area contributed by atoms with Crippen molar-refractivity contribution in [3.05, 3.63) is 53.1 Å². The number of nitrogens with zero attached hydrogens (tertiary/aromatic N) is 3. The smallest absolute Gasteiger partial charge is 0.243 e. The molecule has 2 saturated heterocycles. The number of ether oxygens (including phenoxy) is 1. The zero-order valence-corrected chi connectivity index (χ0v) is 22.5. The molecule has 0 radical (unpaired) electrons. The van der Waals surface area contributed by atoms with Gasteiger partial charge in [-0.3, -0.25) is 0 Å². The van der Waals surface area contributed by atoms with Crippen LogP contribution in [-0.4, -0.2) is 48.1 Å². The lowest BCUT2D eigenvalue weighted by atomic mass is 10.0. The number of imidazole rings is 1. The Bertz CT molecular complexity index is 1310. The van der Waals surface area contributed by atoms with Crippen molar-refractivity contribution >= 4 is 32.8 Å². The second-order valence-electron chi connectivity index (χ2n) is 10.1. The van der Waals surface area contributed by atoms with Gasteiger partial charge in [0.05, 0.1) is 28.6 Å². The Balaban J connectivity index is 1.46. The molecule has 3 heterocycles. The predicted octanol–water partition coefficient (Wildman–Crippen LogP) is 5.55. The van der Waals surface area contributed by atoms with Crippen molar-refractivity contribution in [2.75, 3.05) is 19.7 Å². The van der Waals surface area contributed by atoms with Gasteiger partial charge in [0, 0.05) is 25.4 Å². The summed E-state index contributed by atoms with van der Waals surface area (Å²) in [6.07, 6.45) is 4.30. The molecule has 0 amide bonds. The Morgan fingerprint density at radius 1 is 1.09 bits per heavy atom. The maximum atomic E-state index is 13.4. The fourth-order valence-corrected chi connectivity index (χ4v) is 7.67. The third-order valence-electron chi connectivity index (χ3n) is 7.29. The van der Waals surface area contributed by atoms with Crippen molar-refractivity contribution in [1.29, 1.82) is 0 Å². The lowest BCUT2D eigenvalue weighted by Gasteiger charge is -2.30. The molecule has 0 saturated carbocycles. The van der Waals surface area contributed by atoms with E-state index in [1.807, 2.05) is 6.07 Å². The lowest BCUT2D eigenvalue weighted by molar-refractivity contribution is 0.0960. The monoisotopic (exact) mass is 513 g/mol. The van der Waals surface area contributed by atoms with Crippen molar-refractivity contribution in [3.8, 4) is 0 Å². The number of hydrogen-bond acceptors (Lipinski definition) is 5. The second-order valence-corrected chi connectivity index (χ2v) is 13.0. The van der Waals surface area contributed by atoms with E-state index in [-0.39, 0.29) is 6.10 Å². The Labute approximate surface area is 213 Å². The standard InChI is InChI=1S/C27H35N3O3S2/c1-19-6-4-12-29(16-19)35(31,32)24-10-11-26-25(15-24)28-27(30(26)17-23-7-5-13-33-23)34-18-22-9-8-20(2)21(3)14-22/h8-11,14-15,19,23H,4-7,12-13,16-18H2,1-3H3/t19-,23+/m1/s1. The maximum Gasteiger partial charge on any atom is 0.243 e. The van der Waals surface area contributed by atoms with Gasteiger partial charge in [-0.05, 0) is 80.3 Å². The Morgan fingerprint density at radius 2 is 1.94 bits per heavy atom. The molecule has 6 nitrogen and oxygen atoms in total. The molecule has 0 N–H and O–H groups in total. The second kappa shape index (κ2) is 10.2. The van der Waals surface area contributed by atoms with Crippen LogP contribution >= 0.6 is 11.8 Å². The quantitative estimate of drug-likeness (QED) is 0.388. The van der Waals surface area contributed by atoms with E-state index >= 15 is 0 Å². The molecule has 1 aromatic heterocycles. The SMILES string of the molecule is Cc1ccc(CSc2nc3cc(S(=O)(=O)N4CCC[C@@H](C)C4)ccc3n2C[C@@H]2CCCO2)cc1C. The molecule has 8 heteroatoms. The first kappa shape index (κ1) is 24.8. The van der Waals surface area contributed by atoms with E-state index in [2.05, 4.69) is 43.5 Å². The summed E-state index contributed by atoms with van der Waals surface area (Å²) in [6.45, 7) is 9.11. The summed E-state index contributed by atoms with van der Waals surface area (Å²) in [7, 11) is -3.52. The molecule has 0 aliphatic carbocycles. The van der Waals surface area contributed by atoms with Crippen LogP contribution in [0.3, 0.4) is 0 Å². The van der Waals surface area contributed by atoms with Crippen LogP contribution in [-0.2, 0) is 27.1 Å². The van der Waals surface area contributed by atoms with E-state index in [0.29, 0.717) is 23.9 Å². The van der Waals surface area contributed by atoms with Crippen LogP contribution in [0.5, 0.6) is 0 Å². The molecule has 0 spiro atoms. The molecule has 188 valence electrons.